The molecule has 1 fully saturated rings. The summed E-state index contributed by atoms with van der Waals surface area (Å²) in [6, 6.07) is 4.03. The number of nitrogens with two attached hydrogens (primary N) is 1. The number of carbonyl (C=O) groups is 1. The van der Waals surface area contributed by atoms with Crippen molar-refractivity contribution in [3.05, 3.63) is 34.1 Å². The van der Waals surface area contributed by atoms with Gasteiger partial charge in [-0.25, -0.2) is 4.39 Å². The fraction of sp³-hybridized carbons (Fsp3) is 0.462. The number of morpholine rings is 1. The van der Waals surface area contributed by atoms with Crippen molar-refractivity contribution >= 4 is 21.8 Å². The lowest BCUT2D eigenvalue weighted by Crippen LogP contribution is -2.51. The highest BCUT2D eigenvalue weighted by atomic mass is 79.9. The van der Waals surface area contributed by atoms with E-state index in [4.69, 9.17) is 10.5 Å². The van der Waals surface area contributed by atoms with Crippen molar-refractivity contribution in [1.82, 2.24) is 4.90 Å². The Kier molecular flexibility index (Phi) is 4.54. The van der Waals surface area contributed by atoms with Crippen LogP contribution < -0.4 is 5.73 Å². The minimum atomic E-state index is -0.435. The molecule has 2 atom stereocenters. The van der Waals surface area contributed by atoms with Crippen LogP contribution in [0.3, 0.4) is 0 Å². The largest absolute Gasteiger partial charge is 0.373 e. The highest BCUT2D eigenvalue weighted by molar-refractivity contribution is 9.10. The van der Waals surface area contributed by atoms with E-state index in [1.54, 1.807) is 11.0 Å². The van der Waals surface area contributed by atoms with Gasteiger partial charge in [-0.15, -0.1) is 0 Å². The molecule has 2 rings (SSSR count). The van der Waals surface area contributed by atoms with Crippen LogP contribution in [0, 0.1) is 5.82 Å². The molecule has 1 aliphatic rings. The number of benzene rings is 1. The minimum absolute atomic E-state index is 0.144. The van der Waals surface area contributed by atoms with Crippen molar-refractivity contribution in [2.24, 2.45) is 5.73 Å². The van der Waals surface area contributed by atoms with Gasteiger partial charge < -0.3 is 15.4 Å². The molecule has 0 radical (unpaired) electrons. The second-order valence-corrected chi connectivity index (χ2v) is 5.59. The van der Waals surface area contributed by atoms with Crippen LogP contribution >= 0.6 is 15.9 Å². The Hall–Kier alpha value is -0.980. The fourth-order valence-electron chi connectivity index (χ4n) is 2.04. The van der Waals surface area contributed by atoms with Gasteiger partial charge in [-0.05, 0) is 25.1 Å². The molecule has 2 N–H and O–H groups in total. The van der Waals surface area contributed by atoms with Crippen molar-refractivity contribution in [2.45, 2.75) is 19.1 Å². The average Bonchev–Trinajstić information content (AvgIpc) is 2.37. The van der Waals surface area contributed by atoms with Crippen LogP contribution in [0.25, 0.3) is 0 Å². The standard InChI is InChI=1S/C13H16BrFN2O2/c1-8(16)12-7-17(2-3-19-12)13(18)9-4-10(14)6-11(15)5-9/h4-6,8,12H,2-3,7,16H2,1H3. The van der Waals surface area contributed by atoms with Gasteiger partial charge in [0.2, 0.25) is 0 Å². The van der Waals surface area contributed by atoms with Crippen LogP contribution in [0.15, 0.2) is 22.7 Å². The zero-order valence-electron chi connectivity index (χ0n) is 10.6. The molecule has 6 heteroatoms. The Labute approximate surface area is 119 Å². The van der Waals surface area contributed by atoms with Gasteiger partial charge in [0.05, 0.1) is 12.7 Å². The molecule has 104 valence electrons. The maximum Gasteiger partial charge on any atom is 0.254 e. The third-order valence-corrected chi connectivity index (χ3v) is 3.53. The molecule has 1 heterocycles. The minimum Gasteiger partial charge on any atom is -0.373 e. The van der Waals surface area contributed by atoms with Crippen molar-refractivity contribution < 1.29 is 13.9 Å². The van der Waals surface area contributed by atoms with Gasteiger partial charge in [0.15, 0.2) is 0 Å². The van der Waals surface area contributed by atoms with Crippen molar-refractivity contribution in [1.29, 1.82) is 0 Å². The molecule has 1 aromatic rings. The molecule has 0 aromatic heterocycles. The number of ether oxygens (including phenoxy) is 1. The number of hydrogen-bond acceptors (Lipinski definition) is 3. The first-order chi connectivity index (χ1) is 8.97. The van der Waals surface area contributed by atoms with Gasteiger partial charge in [0, 0.05) is 29.2 Å². The molecule has 0 aliphatic carbocycles. The second-order valence-electron chi connectivity index (χ2n) is 4.68. The first kappa shape index (κ1) is 14.4. The predicted octanol–water partition coefficient (Wildman–Crippen LogP) is 1.78. The highest BCUT2D eigenvalue weighted by Gasteiger charge is 2.27. The summed E-state index contributed by atoms with van der Waals surface area (Å²) < 4.78 is 19.4. The van der Waals surface area contributed by atoms with E-state index in [9.17, 15) is 9.18 Å². The third kappa shape index (κ3) is 3.52. The van der Waals surface area contributed by atoms with Gasteiger partial charge in [0.1, 0.15) is 5.82 Å². The topological polar surface area (TPSA) is 55.6 Å². The number of halogens is 2. The summed E-state index contributed by atoms with van der Waals surface area (Å²) in [6.07, 6.45) is -0.172. The molecular weight excluding hydrogens is 315 g/mol. The summed E-state index contributed by atoms with van der Waals surface area (Å²) in [6.45, 7) is 3.23. The molecule has 19 heavy (non-hydrogen) atoms. The van der Waals surface area contributed by atoms with Gasteiger partial charge in [-0.3, -0.25) is 4.79 Å². The normalized spacial score (nSPS) is 21.3. The lowest BCUT2D eigenvalue weighted by Gasteiger charge is -2.34. The van der Waals surface area contributed by atoms with Crippen LogP contribution in [0.4, 0.5) is 4.39 Å². The van der Waals surface area contributed by atoms with Crippen LogP contribution in [0.5, 0.6) is 0 Å². The summed E-state index contributed by atoms with van der Waals surface area (Å²) in [4.78, 5) is 14.0. The third-order valence-electron chi connectivity index (χ3n) is 3.08. The second kappa shape index (κ2) is 5.98. The van der Waals surface area contributed by atoms with E-state index in [1.165, 1.54) is 12.1 Å². The zero-order chi connectivity index (χ0) is 14.0. The molecule has 4 nitrogen and oxygen atoms in total. The molecule has 0 saturated carbocycles. The van der Waals surface area contributed by atoms with Crippen LogP contribution in [-0.4, -0.2) is 42.6 Å². The van der Waals surface area contributed by atoms with E-state index in [-0.39, 0.29) is 18.1 Å². The number of amides is 1. The molecule has 0 spiro atoms. The number of carbonyl (C=O) groups excluding carboxylic acids is 1. The summed E-state index contributed by atoms with van der Waals surface area (Å²) in [5, 5.41) is 0. The summed E-state index contributed by atoms with van der Waals surface area (Å²) in [7, 11) is 0. The molecular formula is C13H16BrFN2O2. The van der Waals surface area contributed by atoms with E-state index in [1.807, 2.05) is 6.92 Å². The van der Waals surface area contributed by atoms with E-state index >= 15 is 0 Å². The Morgan fingerprint density at radius 3 is 2.95 bits per heavy atom. The number of hydrogen-bond donors (Lipinski definition) is 1. The molecule has 1 aliphatic heterocycles. The van der Waals surface area contributed by atoms with E-state index in [0.29, 0.717) is 29.7 Å². The summed E-state index contributed by atoms with van der Waals surface area (Å²) >= 11 is 3.18. The zero-order valence-corrected chi connectivity index (χ0v) is 12.2. The van der Waals surface area contributed by atoms with Crippen molar-refractivity contribution in [2.75, 3.05) is 19.7 Å². The molecule has 0 bridgehead atoms. The van der Waals surface area contributed by atoms with Gasteiger partial charge in [0.25, 0.3) is 5.91 Å². The van der Waals surface area contributed by atoms with E-state index in [2.05, 4.69) is 15.9 Å². The Bertz CT molecular complexity index is 461. The van der Waals surface area contributed by atoms with Crippen LogP contribution in [0.1, 0.15) is 17.3 Å². The highest BCUT2D eigenvalue weighted by Crippen LogP contribution is 2.18. The molecule has 1 aromatic carbocycles. The fourth-order valence-corrected chi connectivity index (χ4v) is 2.50. The lowest BCUT2D eigenvalue weighted by molar-refractivity contribution is -0.0300. The van der Waals surface area contributed by atoms with E-state index in [0.717, 1.165) is 0 Å². The number of rotatable bonds is 2. The maximum atomic E-state index is 13.3. The molecule has 1 amide bonds. The summed E-state index contributed by atoms with van der Waals surface area (Å²) in [5.41, 5.74) is 6.12. The Morgan fingerprint density at radius 1 is 1.58 bits per heavy atom. The molecule has 2 unspecified atom stereocenters. The van der Waals surface area contributed by atoms with Crippen molar-refractivity contribution in [3.63, 3.8) is 0 Å². The van der Waals surface area contributed by atoms with E-state index < -0.39 is 5.82 Å². The quantitative estimate of drug-likeness (QED) is 0.899. The Morgan fingerprint density at radius 2 is 2.32 bits per heavy atom. The van der Waals surface area contributed by atoms with Crippen LogP contribution in [0.2, 0.25) is 0 Å². The summed E-state index contributed by atoms with van der Waals surface area (Å²) in [5.74, 6) is -0.635. The Balaban J connectivity index is 2.14. The lowest BCUT2D eigenvalue weighted by atomic mass is 10.1. The monoisotopic (exact) mass is 330 g/mol. The van der Waals surface area contributed by atoms with Gasteiger partial charge in [-0.1, -0.05) is 15.9 Å². The SMILES string of the molecule is CC(N)C1CN(C(=O)c2cc(F)cc(Br)c2)CCO1. The maximum absolute atomic E-state index is 13.3. The van der Waals surface area contributed by atoms with Gasteiger partial charge >= 0.3 is 0 Å². The van der Waals surface area contributed by atoms with Crippen molar-refractivity contribution in [3.8, 4) is 0 Å². The first-order valence-corrected chi connectivity index (χ1v) is 6.89. The van der Waals surface area contributed by atoms with Gasteiger partial charge in [-0.2, -0.15) is 0 Å². The molecule has 1 saturated heterocycles. The average molecular weight is 331 g/mol. The number of nitrogens with zero attached hydrogens (tertiary/aromatic N) is 1. The van der Waals surface area contributed by atoms with Crippen LogP contribution in [-0.2, 0) is 4.74 Å². The first-order valence-electron chi connectivity index (χ1n) is 6.10. The smallest absolute Gasteiger partial charge is 0.254 e. The predicted molar refractivity (Wildman–Crippen MR) is 73.4 cm³/mol.